The Morgan fingerprint density at radius 3 is 2.79 bits per heavy atom. The van der Waals surface area contributed by atoms with Crippen molar-refractivity contribution in [2.24, 2.45) is 0 Å². The second kappa shape index (κ2) is 9.09. The van der Waals surface area contributed by atoms with Crippen molar-refractivity contribution < 1.29 is 4.79 Å². The fourth-order valence-corrected chi connectivity index (χ4v) is 3.17. The second-order valence-electron chi connectivity index (χ2n) is 5.48. The number of carbonyl (C=O) groups excluding carboxylic acids is 1. The fourth-order valence-electron chi connectivity index (χ4n) is 2.24. The van der Waals surface area contributed by atoms with E-state index < -0.39 is 0 Å². The number of aryl methyl sites for hydroxylation is 2. The van der Waals surface area contributed by atoms with Crippen LogP contribution >= 0.6 is 11.8 Å². The molecule has 124 valence electrons. The molecule has 5 heteroatoms. The molecule has 0 saturated carbocycles. The first-order valence-electron chi connectivity index (χ1n) is 8.02. The van der Waals surface area contributed by atoms with E-state index in [1.807, 2.05) is 43.3 Å². The molecule has 0 atom stereocenters. The lowest BCUT2D eigenvalue weighted by atomic mass is 10.2. The Labute approximate surface area is 147 Å². The zero-order valence-electron chi connectivity index (χ0n) is 14.0. The standard InChI is InChI=1S/C19H21N3OS/c1-3-6-16-10-9-15(13-20)19(21-16)24-12-11-18(23)22-17-8-5-4-7-14(17)2/h4-5,7-10H,3,6,11-12H2,1-2H3,(H,22,23). The maximum atomic E-state index is 12.1. The lowest BCUT2D eigenvalue weighted by molar-refractivity contribution is -0.115. The van der Waals surface area contributed by atoms with Crippen molar-refractivity contribution in [3.63, 3.8) is 0 Å². The smallest absolute Gasteiger partial charge is 0.225 e. The molecule has 0 spiro atoms. The van der Waals surface area contributed by atoms with E-state index in [-0.39, 0.29) is 5.91 Å². The Kier molecular flexibility index (Phi) is 6.83. The van der Waals surface area contributed by atoms with E-state index in [4.69, 9.17) is 0 Å². The lowest BCUT2D eigenvalue weighted by Crippen LogP contribution is -2.13. The van der Waals surface area contributed by atoms with E-state index in [1.165, 1.54) is 11.8 Å². The normalized spacial score (nSPS) is 10.2. The number of nitriles is 1. The Balaban J connectivity index is 1.91. The van der Waals surface area contributed by atoms with Crippen LogP contribution in [-0.2, 0) is 11.2 Å². The van der Waals surface area contributed by atoms with E-state index in [0.29, 0.717) is 22.8 Å². The highest BCUT2D eigenvalue weighted by atomic mass is 32.2. The number of amides is 1. The van der Waals surface area contributed by atoms with Gasteiger partial charge in [0.2, 0.25) is 5.91 Å². The number of nitrogens with one attached hydrogen (secondary N) is 1. The van der Waals surface area contributed by atoms with Gasteiger partial charge in [0.25, 0.3) is 0 Å². The SMILES string of the molecule is CCCc1ccc(C#N)c(SCCC(=O)Nc2ccccc2C)n1. The Hall–Kier alpha value is -2.32. The number of hydrogen-bond donors (Lipinski definition) is 1. The van der Waals surface area contributed by atoms with Crippen LogP contribution in [0.1, 0.15) is 36.6 Å². The molecule has 1 aromatic carbocycles. The average Bonchev–Trinajstić information content (AvgIpc) is 2.57. The lowest BCUT2D eigenvalue weighted by Gasteiger charge is -2.08. The van der Waals surface area contributed by atoms with Crippen molar-refractivity contribution in [2.45, 2.75) is 38.1 Å². The minimum Gasteiger partial charge on any atom is -0.326 e. The van der Waals surface area contributed by atoms with E-state index in [2.05, 4.69) is 23.3 Å². The molecule has 0 radical (unpaired) electrons. The van der Waals surface area contributed by atoms with Gasteiger partial charge in [-0.3, -0.25) is 4.79 Å². The van der Waals surface area contributed by atoms with Crippen LogP contribution in [0.2, 0.25) is 0 Å². The van der Waals surface area contributed by atoms with E-state index >= 15 is 0 Å². The van der Waals surface area contributed by atoms with Gasteiger partial charge in [-0.1, -0.05) is 31.5 Å². The number of rotatable bonds is 7. The zero-order valence-corrected chi connectivity index (χ0v) is 14.8. The summed E-state index contributed by atoms with van der Waals surface area (Å²) in [5, 5.41) is 12.8. The molecule has 0 aliphatic heterocycles. The number of aromatic nitrogens is 1. The number of pyridine rings is 1. The van der Waals surface area contributed by atoms with Gasteiger partial charge in [-0.2, -0.15) is 5.26 Å². The molecule has 2 rings (SSSR count). The summed E-state index contributed by atoms with van der Waals surface area (Å²) in [6.45, 7) is 4.06. The third-order valence-electron chi connectivity index (χ3n) is 3.53. The molecule has 4 nitrogen and oxygen atoms in total. The molecule has 0 saturated heterocycles. The summed E-state index contributed by atoms with van der Waals surface area (Å²) in [4.78, 5) is 16.6. The minimum absolute atomic E-state index is 0.0278. The fraction of sp³-hybridized carbons (Fsp3) is 0.316. The molecule has 1 heterocycles. The summed E-state index contributed by atoms with van der Waals surface area (Å²) in [5.41, 5.74) is 3.44. The molecule has 2 aromatic rings. The first kappa shape index (κ1) is 18.0. The van der Waals surface area contributed by atoms with Crippen LogP contribution < -0.4 is 5.32 Å². The second-order valence-corrected chi connectivity index (χ2v) is 6.56. The number of thioether (sulfide) groups is 1. The summed E-state index contributed by atoms with van der Waals surface area (Å²) < 4.78 is 0. The monoisotopic (exact) mass is 339 g/mol. The van der Waals surface area contributed by atoms with Gasteiger partial charge in [0.1, 0.15) is 11.1 Å². The summed E-state index contributed by atoms with van der Waals surface area (Å²) >= 11 is 1.46. The maximum absolute atomic E-state index is 12.1. The molecule has 0 bridgehead atoms. The predicted molar refractivity (Wildman–Crippen MR) is 98.1 cm³/mol. The molecule has 24 heavy (non-hydrogen) atoms. The number of para-hydroxylation sites is 1. The number of nitrogens with zero attached hydrogens (tertiary/aromatic N) is 2. The van der Waals surface area contributed by atoms with E-state index in [1.54, 1.807) is 0 Å². The van der Waals surface area contributed by atoms with Gasteiger partial charge in [-0.25, -0.2) is 4.98 Å². The topological polar surface area (TPSA) is 65.8 Å². The Morgan fingerprint density at radius 1 is 1.29 bits per heavy atom. The molecule has 0 fully saturated rings. The molecule has 0 aliphatic carbocycles. The summed E-state index contributed by atoms with van der Waals surface area (Å²) in [5.74, 6) is 0.564. The third kappa shape index (κ3) is 5.10. The summed E-state index contributed by atoms with van der Waals surface area (Å²) in [6, 6.07) is 13.6. The van der Waals surface area contributed by atoms with Crippen molar-refractivity contribution in [1.82, 2.24) is 4.98 Å². The van der Waals surface area contributed by atoms with Crippen LogP contribution in [0.3, 0.4) is 0 Å². The van der Waals surface area contributed by atoms with Crippen molar-refractivity contribution in [2.75, 3.05) is 11.1 Å². The van der Waals surface area contributed by atoms with Crippen molar-refractivity contribution in [3.05, 3.63) is 53.2 Å². The zero-order chi connectivity index (χ0) is 17.4. The van der Waals surface area contributed by atoms with Crippen LogP contribution in [-0.4, -0.2) is 16.6 Å². The van der Waals surface area contributed by atoms with Gasteiger partial charge in [0.05, 0.1) is 5.56 Å². The van der Waals surface area contributed by atoms with Crippen molar-refractivity contribution >= 4 is 23.4 Å². The van der Waals surface area contributed by atoms with Gasteiger partial charge in [0, 0.05) is 23.6 Å². The van der Waals surface area contributed by atoms with Crippen molar-refractivity contribution in [1.29, 1.82) is 5.26 Å². The van der Waals surface area contributed by atoms with Crippen LogP contribution in [0.25, 0.3) is 0 Å². The molecular formula is C19H21N3OS. The molecule has 1 aromatic heterocycles. The highest BCUT2D eigenvalue weighted by Gasteiger charge is 2.09. The van der Waals surface area contributed by atoms with Gasteiger partial charge in [-0.05, 0) is 37.1 Å². The van der Waals surface area contributed by atoms with E-state index in [0.717, 1.165) is 29.8 Å². The largest absolute Gasteiger partial charge is 0.326 e. The van der Waals surface area contributed by atoms with Crippen LogP contribution in [0.4, 0.5) is 5.69 Å². The van der Waals surface area contributed by atoms with Crippen LogP contribution in [0.5, 0.6) is 0 Å². The maximum Gasteiger partial charge on any atom is 0.225 e. The van der Waals surface area contributed by atoms with Crippen LogP contribution in [0, 0.1) is 18.3 Å². The number of anilines is 1. The Bertz CT molecular complexity index is 753. The van der Waals surface area contributed by atoms with Crippen molar-refractivity contribution in [3.8, 4) is 6.07 Å². The van der Waals surface area contributed by atoms with Gasteiger partial charge >= 0.3 is 0 Å². The third-order valence-corrected chi connectivity index (χ3v) is 4.52. The first-order chi connectivity index (χ1) is 11.6. The quantitative estimate of drug-likeness (QED) is 0.762. The number of benzene rings is 1. The molecule has 1 N–H and O–H groups in total. The predicted octanol–water partition coefficient (Wildman–Crippen LogP) is 4.34. The highest BCUT2D eigenvalue weighted by Crippen LogP contribution is 2.22. The first-order valence-corrected chi connectivity index (χ1v) is 9.01. The minimum atomic E-state index is -0.0278. The molecule has 0 aliphatic rings. The molecular weight excluding hydrogens is 318 g/mol. The average molecular weight is 339 g/mol. The van der Waals surface area contributed by atoms with E-state index in [9.17, 15) is 10.1 Å². The van der Waals surface area contributed by atoms with Gasteiger partial charge in [-0.15, -0.1) is 11.8 Å². The number of carbonyl (C=O) groups is 1. The summed E-state index contributed by atoms with van der Waals surface area (Å²) in [6.07, 6.45) is 2.29. The van der Waals surface area contributed by atoms with Gasteiger partial charge in [0.15, 0.2) is 0 Å². The summed E-state index contributed by atoms with van der Waals surface area (Å²) in [7, 11) is 0. The molecule has 1 amide bonds. The Morgan fingerprint density at radius 2 is 2.08 bits per heavy atom. The van der Waals surface area contributed by atoms with Gasteiger partial charge < -0.3 is 5.32 Å². The number of hydrogen-bond acceptors (Lipinski definition) is 4. The highest BCUT2D eigenvalue weighted by molar-refractivity contribution is 7.99. The molecule has 0 unspecified atom stereocenters. The van der Waals surface area contributed by atoms with Crippen LogP contribution in [0.15, 0.2) is 41.4 Å².